The van der Waals surface area contributed by atoms with Crippen molar-refractivity contribution in [2.24, 2.45) is 0 Å². The van der Waals surface area contributed by atoms with Gasteiger partial charge in [0.15, 0.2) is 15.8 Å². The first-order chi connectivity index (χ1) is 13.3. The average Bonchev–Trinajstić information content (AvgIpc) is 2.96. The summed E-state index contributed by atoms with van der Waals surface area (Å²) in [5, 5.41) is 21.0. The number of non-ortho nitro benzene ring substituents is 1. The first-order valence-corrected chi connectivity index (χ1v) is 9.05. The molecule has 2 aromatic carbocycles. The minimum atomic E-state index is -0.536. The van der Waals surface area contributed by atoms with Gasteiger partial charge in [-0.1, -0.05) is 30.0 Å². The summed E-state index contributed by atoms with van der Waals surface area (Å²) in [6.45, 7) is 0. The Kier molecular flexibility index (Phi) is 5.52. The van der Waals surface area contributed by atoms with E-state index in [9.17, 15) is 20.0 Å². The number of amides is 1. The molecule has 2 aromatic rings. The van der Waals surface area contributed by atoms with E-state index in [1.165, 1.54) is 37.3 Å². The molecular weight excluding hydrogens is 404 g/mol. The average molecular weight is 418 g/mol. The van der Waals surface area contributed by atoms with E-state index in [0.29, 0.717) is 16.2 Å². The van der Waals surface area contributed by atoms with E-state index in [4.69, 9.17) is 21.7 Å². The molecule has 0 radical (unpaired) electrons. The number of ether oxygens (including phenoxy) is 2. The van der Waals surface area contributed by atoms with Gasteiger partial charge in [-0.15, -0.1) is 0 Å². The van der Waals surface area contributed by atoms with Gasteiger partial charge >= 0.3 is 0 Å². The van der Waals surface area contributed by atoms with E-state index in [1.807, 2.05) is 0 Å². The van der Waals surface area contributed by atoms with Crippen molar-refractivity contribution in [1.29, 1.82) is 0 Å². The highest BCUT2D eigenvalue weighted by molar-refractivity contribution is 8.27. The number of rotatable bonds is 5. The normalized spacial score (nSPS) is 15.2. The summed E-state index contributed by atoms with van der Waals surface area (Å²) in [5.74, 6) is -0.160. The zero-order valence-corrected chi connectivity index (χ0v) is 16.4. The second-order valence-corrected chi connectivity index (χ2v) is 7.24. The maximum Gasteiger partial charge on any atom is 0.271 e. The molecule has 1 N–H and O–H groups in total. The molecule has 1 aliphatic rings. The number of methoxy groups -OCH3 is 2. The predicted molar refractivity (Wildman–Crippen MR) is 110 cm³/mol. The lowest BCUT2D eigenvalue weighted by Crippen LogP contribution is -2.27. The van der Waals surface area contributed by atoms with Crippen LogP contribution in [-0.2, 0) is 4.79 Å². The molecule has 0 unspecified atom stereocenters. The second-order valence-electron chi connectivity index (χ2n) is 5.57. The van der Waals surface area contributed by atoms with Gasteiger partial charge in [-0.2, -0.15) is 0 Å². The topological polar surface area (TPSA) is 102 Å². The number of hydrogen-bond donors (Lipinski definition) is 1. The third kappa shape index (κ3) is 3.64. The first kappa shape index (κ1) is 19.6. The number of benzene rings is 2. The lowest BCUT2D eigenvalue weighted by molar-refractivity contribution is -0.384. The molecule has 3 rings (SSSR count). The summed E-state index contributed by atoms with van der Waals surface area (Å²) in [6.07, 6.45) is 1.58. The molecule has 1 amide bonds. The van der Waals surface area contributed by atoms with Crippen molar-refractivity contribution in [2.45, 2.75) is 0 Å². The fourth-order valence-corrected chi connectivity index (χ4v) is 3.88. The zero-order chi connectivity index (χ0) is 20.4. The van der Waals surface area contributed by atoms with Gasteiger partial charge in [0.25, 0.3) is 11.6 Å². The molecular formula is C18H14N2O6S2. The molecule has 1 fully saturated rings. The number of phenolic OH excluding ortho intramolecular Hbond substituents is 1. The Hall–Kier alpha value is -3.11. The molecule has 0 atom stereocenters. The lowest BCUT2D eigenvalue weighted by atomic mass is 10.1. The van der Waals surface area contributed by atoms with Crippen LogP contribution in [0.4, 0.5) is 11.4 Å². The summed E-state index contributed by atoms with van der Waals surface area (Å²) in [4.78, 5) is 24.9. The molecule has 28 heavy (non-hydrogen) atoms. The van der Waals surface area contributed by atoms with Crippen LogP contribution in [-0.4, -0.2) is 34.5 Å². The predicted octanol–water partition coefficient (Wildman–Crippen LogP) is 3.72. The molecule has 0 saturated carbocycles. The molecule has 0 spiro atoms. The lowest BCUT2D eigenvalue weighted by Gasteiger charge is -2.14. The van der Waals surface area contributed by atoms with Crippen LogP contribution in [0.25, 0.3) is 6.08 Å². The third-order valence-electron chi connectivity index (χ3n) is 3.89. The minimum Gasteiger partial charge on any atom is -0.502 e. The van der Waals surface area contributed by atoms with E-state index >= 15 is 0 Å². The highest BCUT2D eigenvalue weighted by Crippen LogP contribution is 2.40. The van der Waals surface area contributed by atoms with Crippen LogP contribution in [0.3, 0.4) is 0 Å². The minimum absolute atomic E-state index is 0.136. The Balaban J connectivity index is 1.98. The van der Waals surface area contributed by atoms with Crippen molar-refractivity contribution < 1.29 is 24.3 Å². The van der Waals surface area contributed by atoms with E-state index in [0.717, 1.165) is 11.8 Å². The Morgan fingerprint density at radius 3 is 2.43 bits per heavy atom. The summed E-state index contributed by atoms with van der Waals surface area (Å²) in [7, 11) is 2.81. The quantitative estimate of drug-likeness (QED) is 0.339. The van der Waals surface area contributed by atoms with Crippen molar-refractivity contribution in [3.8, 4) is 17.2 Å². The molecule has 1 heterocycles. The Morgan fingerprint density at radius 2 is 1.86 bits per heavy atom. The molecule has 10 heteroatoms. The summed E-state index contributed by atoms with van der Waals surface area (Å²) in [5.41, 5.74) is 0.746. The SMILES string of the molecule is COc1cc(/C=C2\SC(=S)N(c3cccc([N+](=O)[O-])c3)C2=O)cc(OC)c1O. The van der Waals surface area contributed by atoms with E-state index < -0.39 is 10.8 Å². The number of thiocarbonyl (C=S) groups is 1. The van der Waals surface area contributed by atoms with Gasteiger partial charge in [-0.25, -0.2) is 0 Å². The number of thioether (sulfide) groups is 1. The molecule has 0 aliphatic carbocycles. The molecule has 8 nitrogen and oxygen atoms in total. The van der Waals surface area contributed by atoms with Crippen LogP contribution in [0.2, 0.25) is 0 Å². The first-order valence-electron chi connectivity index (χ1n) is 7.83. The maximum atomic E-state index is 12.8. The number of carbonyl (C=O) groups is 1. The van der Waals surface area contributed by atoms with Crippen LogP contribution in [0.1, 0.15) is 5.56 Å². The van der Waals surface area contributed by atoms with Crippen LogP contribution < -0.4 is 14.4 Å². The van der Waals surface area contributed by atoms with Gasteiger partial charge < -0.3 is 14.6 Å². The van der Waals surface area contributed by atoms with E-state index in [1.54, 1.807) is 24.3 Å². The van der Waals surface area contributed by atoms with Crippen LogP contribution in [0.5, 0.6) is 17.2 Å². The van der Waals surface area contributed by atoms with Gasteiger partial charge in [0.2, 0.25) is 5.75 Å². The monoisotopic (exact) mass is 418 g/mol. The van der Waals surface area contributed by atoms with Gasteiger partial charge in [0, 0.05) is 12.1 Å². The second kappa shape index (κ2) is 7.87. The summed E-state index contributed by atoms with van der Waals surface area (Å²) in [6, 6.07) is 8.81. The molecule has 0 aromatic heterocycles. The standard InChI is InChI=1S/C18H14N2O6S2/c1-25-13-6-10(7-14(26-2)16(13)21)8-15-17(22)19(18(27)28-15)11-4-3-5-12(9-11)20(23)24/h3-9,21H,1-2H3/b15-8-. The molecule has 0 bridgehead atoms. The Morgan fingerprint density at radius 1 is 1.21 bits per heavy atom. The number of aromatic hydroxyl groups is 1. The summed E-state index contributed by atoms with van der Waals surface area (Å²) >= 11 is 6.36. The van der Waals surface area contributed by atoms with Crippen molar-refractivity contribution >= 4 is 51.7 Å². The van der Waals surface area contributed by atoms with Crippen LogP contribution >= 0.6 is 24.0 Å². The number of phenols is 1. The zero-order valence-electron chi connectivity index (χ0n) is 14.7. The number of nitrogens with zero attached hydrogens (tertiary/aromatic N) is 2. The molecule has 1 aliphatic heterocycles. The number of anilines is 1. The smallest absolute Gasteiger partial charge is 0.271 e. The Labute approximate surface area is 169 Å². The number of nitro groups is 1. The van der Waals surface area contributed by atoms with Gasteiger partial charge in [0.1, 0.15) is 0 Å². The fourth-order valence-electron chi connectivity index (χ4n) is 2.58. The van der Waals surface area contributed by atoms with Crippen molar-refractivity contribution in [3.05, 3.63) is 57.0 Å². The van der Waals surface area contributed by atoms with Gasteiger partial charge in [-0.05, 0) is 29.8 Å². The Bertz CT molecular complexity index is 996. The van der Waals surface area contributed by atoms with Crippen molar-refractivity contribution in [2.75, 3.05) is 19.1 Å². The number of hydrogen-bond acceptors (Lipinski definition) is 8. The maximum absolute atomic E-state index is 12.8. The van der Waals surface area contributed by atoms with Gasteiger partial charge in [-0.3, -0.25) is 19.8 Å². The fraction of sp³-hybridized carbons (Fsp3) is 0.111. The van der Waals surface area contributed by atoms with E-state index in [2.05, 4.69) is 0 Å². The van der Waals surface area contributed by atoms with Crippen molar-refractivity contribution in [3.63, 3.8) is 0 Å². The van der Waals surface area contributed by atoms with Crippen LogP contribution in [0.15, 0.2) is 41.3 Å². The number of nitro benzene ring substituents is 1. The van der Waals surface area contributed by atoms with Crippen molar-refractivity contribution in [1.82, 2.24) is 0 Å². The molecule has 144 valence electrons. The third-order valence-corrected chi connectivity index (χ3v) is 5.19. The van der Waals surface area contributed by atoms with Crippen LogP contribution in [0, 0.1) is 10.1 Å². The largest absolute Gasteiger partial charge is 0.502 e. The van der Waals surface area contributed by atoms with E-state index in [-0.39, 0.29) is 27.3 Å². The van der Waals surface area contributed by atoms with Gasteiger partial charge in [0.05, 0.1) is 29.7 Å². The highest BCUT2D eigenvalue weighted by Gasteiger charge is 2.34. The molecule has 1 saturated heterocycles. The number of carbonyl (C=O) groups excluding carboxylic acids is 1. The summed E-state index contributed by atoms with van der Waals surface area (Å²) < 4.78 is 10.5. The highest BCUT2D eigenvalue weighted by atomic mass is 32.2.